The third-order valence-corrected chi connectivity index (χ3v) is 4.15. The minimum Gasteiger partial charge on any atom is -0.390 e. The van der Waals surface area contributed by atoms with E-state index < -0.39 is 11.6 Å². The first-order valence-electron chi connectivity index (χ1n) is 8.18. The molecule has 0 amide bonds. The van der Waals surface area contributed by atoms with E-state index in [2.05, 4.69) is 10.5 Å². The smallest absolute Gasteiger partial charge is 0.145 e. The van der Waals surface area contributed by atoms with Gasteiger partial charge in [-0.15, -0.1) is 0 Å². The highest BCUT2D eigenvalue weighted by Crippen LogP contribution is 2.19. The van der Waals surface area contributed by atoms with Crippen LogP contribution < -0.4 is 10.2 Å². The van der Waals surface area contributed by atoms with Crippen LogP contribution in [0, 0.1) is 11.6 Å². The molecular formula is C19H21F2N3O. The van der Waals surface area contributed by atoms with Gasteiger partial charge in [-0.1, -0.05) is 23.4 Å². The lowest BCUT2D eigenvalue weighted by Crippen LogP contribution is -2.27. The molecule has 1 aliphatic rings. The molecule has 2 aromatic carbocycles. The third kappa shape index (κ3) is 4.33. The van der Waals surface area contributed by atoms with Crippen LogP contribution in [0.2, 0.25) is 0 Å². The van der Waals surface area contributed by atoms with Crippen LogP contribution in [-0.4, -0.2) is 32.5 Å². The molecule has 0 aliphatic carbocycles. The normalized spacial score (nSPS) is 16.5. The molecule has 0 saturated heterocycles. The van der Waals surface area contributed by atoms with E-state index in [9.17, 15) is 8.78 Å². The maximum absolute atomic E-state index is 13.6. The average molecular weight is 345 g/mol. The van der Waals surface area contributed by atoms with Crippen molar-refractivity contribution in [1.29, 1.82) is 0 Å². The summed E-state index contributed by atoms with van der Waals surface area (Å²) in [5.41, 5.74) is 3.50. The van der Waals surface area contributed by atoms with Gasteiger partial charge in [-0.3, -0.25) is 0 Å². The van der Waals surface area contributed by atoms with Gasteiger partial charge in [-0.2, -0.15) is 0 Å². The monoisotopic (exact) mass is 345 g/mol. The summed E-state index contributed by atoms with van der Waals surface area (Å²) < 4.78 is 26.5. The number of hydrogen-bond acceptors (Lipinski definition) is 4. The summed E-state index contributed by atoms with van der Waals surface area (Å²) in [4.78, 5) is 7.49. The highest BCUT2D eigenvalue weighted by atomic mass is 19.1. The summed E-state index contributed by atoms with van der Waals surface area (Å²) in [7, 11) is 3.99. The molecule has 25 heavy (non-hydrogen) atoms. The van der Waals surface area contributed by atoms with Crippen molar-refractivity contribution in [1.82, 2.24) is 5.32 Å². The van der Waals surface area contributed by atoms with Crippen molar-refractivity contribution in [2.75, 3.05) is 25.5 Å². The second-order valence-electron chi connectivity index (χ2n) is 6.28. The number of nitrogens with one attached hydrogen (secondary N) is 1. The van der Waals surface area contributed by atoms with Crippen LogP contribution in [-0.2, 0) is 11.4 Å². The van der Waals surface area contributed by atoms with Crippen molar-refractivity contribution >= 4 is 11.4 Å². The van der Waals surface area contributed by atoms with Gasteiger partial charge in [-0.25, -0.2) is 8.78 Å². The molecule has 0 radical (unpaired) electrons. The molecule has 1 aliphatic heterocycles. The molecule has 0 fully saturated rings. The van der Waals surface area contributed by atoms with Crippen LogP contribution in [0.4, 0.5) is 14.5 Å². The third-order valence-electron chi connectivity index (χ3n) is 4.15. The number of anilines is 1. The van der Waals surface area contributed by atoms with E-state index in [-0.39, 0.29) is 6.10 Å². The lowest BCUT2D eigenvalue weighted by Gasteiger charge is -2.12. The first-order chi connectivity index (χ1) is 12.0. The van der Waals surface area contributed by atoms with Crippen molar-refractivity contribution in [2.45, 2.75) is 19.1 Å². The minimum atomic E-state index is -0.571. The zero-order valence-corrected chi connectivity index (χ0v) is 14.3. The lowest BCUT2D eigenvalue weighted by atomic mass is 10.0. The summed E-state index contributed by atoms with van der Waals surface area (Å²) in [5, 5.41) is 7.29. The Morgan fingerprint density at radius 2 is 1.92 bits per heavy atom. The number of rotatable bonds is 6. The predicted molar refractivity (Wildman–Crippen MR) is 94.9 cm³/mol. The molecule has 4 nitrogen and oxygen atoms in total. The van der Waals surface area contributed by atoms with Gasteiger partial charge >= 0.3 is 0 Å². The van der Waals surface area contributed by atoms with E-state index >= 15 is 0 Å². The van der Waals surface area contributed by atoms with Crippen LogP contribution in [0.15, 0.2) is 47.6 Å². The Morgan fingerprint density at radius 3 is 2.60 bits per heavy atom. The largest absolute Gasteiger partial charge is 0.390 e. The highest BCUT2D eigenvalue weighted by molar-refractivity contribution is 6.01. The lowest BCUT2D eigenvalue weighted by molar-refractivity contribution is 0.0848. The van der Waals surface area contributed by atoms with Gasteiger partial charge in [0.1, 0.15) is 17.7 Å². The Morgan fingerprint density at radius 1 is 1.16 bits per heavy atom. The second kappa shape index (κ2) is 7.61. The first-order valence-corrected chi connectivity index (χ1v) is 8.18. The summed E-state index contributed by atoms with van der Waals surface area (Å²) >= 11 is 0. The average Bonchev–Trinajstić information content (AvgIpc) is 3.06. The van der Waals surface area contributed by atoms with Gasteiger partial charge in [0.2, 0.25) is 0 Å². The molecule has 132 valence electrons. The molecule has 0 saturated carbocycles. The van der Waals surface area contributed by atoms with Gasteiger partial charge in [0.05, 0.1) is 5.71 Å². The van der Waals surface area contributed by atoms with Crippen molar-refractivity contribution in [2.24, 2.45) is 5.16 Å². The van der Waals surface area contributed by atoms with Crippen LogP contribution in [0.5, 0.6) is 0 Å². The summed E-state index contributed by atoms with van der Waals surface area (Å²) in [5.74, 6) is -1.11. The van der Waals surface area contributed by atoms with Crippen LogP contribution in [0.3, 0.4) is 0 Å². The Hall–Kier alpha value is -2.47. The molecule has 1 N–H and O–H groups in total. The Kier molecular flexibility index (Phi) is 5.28. The molecule has 0 bridgehead atoms. The fourth-order valence-electron chi connectivity index (χ4n) is 2.69. The molecule has 1 unspecified atom stereocenters. The zero-order valence-electron chi connectivity index (χ0n) is 14.3. The van der Waals surface area contributed by atoms with E-state index in [1.165, 1.54) is 12.1 Å². The molecular weight excluding hydrogens is 324 g/mol. The molecule has 2 aromatic rings. The van der Waals surface area contributed by atoms with Crippen molar-refractivity contribution in [3.05, 3.63) is 65.2 Å². The van der Waals surface area contributed by atoms with E-state index in [0.717, 1.165) is 23.0 Å². The summed E-state index contributed by atoms with van der Waals surface area (Å²) in [6, 6.07) is 11.7. The molecule has 3 rings (SSSR count). The Labute approximate surface area is 146 Å². The number of oxime groups is 1. The predicted octanol–water partition coefficient (Wildman–Crippen LogP) is 3.31. The van der Waals surface area contributed by atoms with Crippen LogP contribution in [0.1, 0.15) is 17.5 Å². The summed E-state index contributed by atoms with van der Waals surface area (Å²) in [6.07, 6.45) is 0.604. The van der Waals surface area contributed by atoms with E-state index in [4.69, 9.17) is 4.84 Å². The quantitative estimate of drug-likeness (QED) is 0.873. The minimum absolute atomic E-state index is 0.0907. The zero-order chi connectivity index (χ0) is 17.8. The fourth-order valence-corrected chi connectivity index (χ4v) is 2.69. The number of nitrogens with zero attached hydrogens (tertiary/aromatic N) is 2. The number of halogens is 2. The van der Waals surface area contributed by atoms with Gasteiger partial charge in [0.15, 0.2) is 0 Å². The van der Waals surface area contributed by atoms with Crippen LogP contribution >= 0.6 is 0 Å². The van der Waals surface area contributed by atoms with Gasteiger partial charge in [0.25, 0.3) is 0 Å². The van der Waals surface area contributed by atoms with Crippen LogP contribution in [0.25, 0.3) is 0 Å². The van der Waals surface area contributed by atoms with Crippen molar-refractivity contribution in [3.8, 4) is 0 Å². The number of hydrogen-bond donors (Lipinski definition) is 1. The molecule has 6 heteroatoms. The first kappa shape index (κ1) is 17.4. The number of benzene rings is 2. The molecule has 1 atom stereocenters. The fraction of sp³-hybridized carbons (Fsp3) is 0.316. The van der Waals surface area contributed by atoms with Crippen molar-refractivity contribution < 1.29 is 13.6 Å². The molecule has 0 aromatic heterocycles. The molecule has 0 spiro atoms. The second-order valence-corrected chi connectivity index (χ2v) is 6.28. The summed E-state index contributed by atoms with van der Waals surface area (Å²) in [6.45, 7) is 0.860. The molecule has 1 heterocycles. The SMILES string of the molecule is CN(C)c1ccc(C2=NOC(CNCc3ccc(F)cc3F)C2)cc1. The van der Waals surface area contributed by atoms with E-state index in [1.807, 2.05) is 43.3 Å². The maximum Gasteiger partial charge on any atom is 0.145 e. The van der Waals surface area contributed by atoms with Gasteiger partial charge < -0.3 is 15.1 Å². The van der Waals surface area contributed by atoms with Gasteiger partial charge in [0, 0.05) is 50.9 Å². The van der Waals surface area contributed by atoms with E-state index in [0.29, 0.717) is 25.1 Å². The highest BCUT2D eigenvalue weighted by Gasteiger charge is 2.22. The maximum atomic E-state index is 13.6. The van der Waals surface area contributed by atoms with Crippen molar-refractivity contribution in [3.63, 3.8) is 0 Å². The Balaban J connectivity index is 1.49. The Bertz CT molecular complexity index is 760. The van der Waals surface area contributed by atoms with Gasteiger partial charge in [-0.05, 0) is 23.8 Å². The standard InChI is InChI=1S/C19H21F2N3O/c1-24(2)16-7-4-13(5-8-16)19-10-17(25-23-19)12-22-11-14-3-6-15(20)9-18(14)21/h3-9,17,22H,10-12H2,1-2H3. The topological polar surface area (TPSA) is 36.9 Å². The van der Waals surface area contributed by atoms with E-state index in [1.54, 1.807) is 0 Å².